The van der Waals surface area contributed by atoms with Crippen molar-refractivity contribution in [3.8, 4) is 0 Å². The second-order valence-electron chi connectivity index (χ2n) is 9.07. The number of ether oxygens (including phenoxy) is 2. The van der Waals surface area contributed by atoms with Crippen molar-refractivity contribution in [2.45, 2.75) is 77.4 Å². The number of aryl methyl sites for hydroxylation is 1. The molecule has 1 N–H and O–H groups in total. The summed E-state index contributed by atoms with van der Waals surface area (Å²) in [7, 11) is 0. The van der Waals surface area contributed by atoms with E-state index in [0.717, 1.165) is 30.5 Å². The molecular weight excluding hydrogens is 444 g/mol. The van der Waals surface area contributed by atoms with E-state index in [0.29, 0.717) is 19.3 Å². The van der Waals surface area contributed by atoms with Crippen LogP contribution < -0.4 is 5.32 Å². The number of amides is 1. The molecule has 1 heterocycles. The van der Waals surface area contributed by atoms with E-state index in [1.54, 1.807) is 25.7 Å². The molecule has 7 nitrogen and oxygen atoms in total. The van der Waals surface area contributed by atoms with Gasteiger partial charge in [-0.2, -0.15) is 0 Å². The zero-order valence-electron chi connectivity index (χ0n) is 21.1. The SMILES string of the molecule is CCOC(=O)C(CCc1ccccc1)NC1CCCC2CC=CC=C2N(C(C)C(=O)OCC)C1=O. The van der Waals surface area contributed by atoms with E-state index in [1.165, 1.54) is 0 Å². The van der Waals surface area contributed by atoms with Crippen LogP contribution in [0.5, 0.6) is 0 Å². The summed E-state index contributed by atoms with van der Waals surface area (Å²) in [5, 5.41) is 3.32. The summed E-state index contributed by atoms with van der Waals surface area (Å²) in [5.74, 6) is -0.812. The number of allylic oxidation sites excluding steroid dienone is 4. The van der Waals surface area contributed by atoms with Crippen LogP contribution in [0.1, 0.15) is 58.4 Å². The van der Waals surface area contributed by atoms with Gasteiger partial charge in [0.1, 0.15) is 12.1 Å². The van der Waals surface area contributed by atoms with Gasteiger partial charge in [0, 0.05) is 11.6 Å². The summed E-state index contributed by atoms with van der Waals surface area (Å²) in [4.78, 5) is 41.0. The number of nitrogens with one attached hydrogen (secondary N) is 1. The third-order valence-electron chi connectivity index (χ3n) is 6.65. The van der Waals surface area contributed by atoms with Crippen molar-refractivity contribution in [1.29, 1.82) is 0 Å². The van der Waals surface area contributed by atoms with Crippen molar-refractivity contribution >= 4 is 17.8 Å². The van der Waals surface area contributed by atoms with Gasteiger partial charge in [0.2, 0.25) is 5.91 Å². The maximum absolute atomic E-state index is 13.9. The highest BCUT2D eigenvalue weighted by molar-refractivity contribution is 5.90. The van der Waals surface area contributed by atoms with E-state index in [4.69, 9.17) is 9.47 Å². The molecule has 35 heavy (non-hydrogen) atoms. The number of rotatable bonds is 10. The molecule has 4 atom stereocenters. The molecular formula is C28H38N2O5. The highest BCUT2D eigenvalue weighted by Crippen LogP contribution is 2.33. The molecule has 0 radical (unpaired) electrons. The predicted molar refractivity (Wildman–Crippen MR) is 134 cm³/mol. The quantitative estimate of drug-likeness (QED) is 0.509. The highest BCUT2D eigenvalue weighted by Gasteiger charge is 2.39. The van der Waals surface area contributed by atoms with Gasteiger partial charge in [-0.15, -0.1) is 0 Å². The normalized spacial score (nSPS) is 21.7. The average Bonchev–Trinajstić information content (AvgIpc) is 2.86. The standard InChI is InChI=1S/C28H38N2O5/c1-4-34-27(32)20(3)30-25-17-10-9-14-22(25)15-11-16-23(26(30)31)29-24(28(33)35-5-2)19-18-21-12-7-6-8-13-21/h6-10,12-13,17,20,22-24,29H,4-5,11,14-16,18-19H2,1-3H3. The van der Waals surface area contributed by atoms with Gasteiger partial charge in [-0.25, -0.2) is 4.79 Å². The topological polar surface area (TPSA) is 84.9 Å². The van der Waals surface area contributed by atoms with E-state index < -0.39 is 24.1 Å². The van der Waals surface area contributed by atoms with Gasteiger partial charge in [-0.3, -0.25) is 14.9 Å². The number of benzene rings is 1. The molecule has 0 saturated carbocycles. The molecule has 1 aromatic carbocycles. The Morgan fingerprint density at radius 1 is 1.09 bits per heavy atom. The molecule has 0 aromatic heterocycles. The van der Waals surface area contributed by atoms with E-state index >= 15 is 0 Å². The van der Waals surface area contributed by atoms with Crippen molar-refractivity contribution in [3.63, 3.8) is 0 Å². The fraction of sp³-hybridized carbons (Fsp3) is 0.536. The summed E-state index contributed by atoms with van der Waals surface area (Å²) < 4.78 is 10.6. The van der Waals surface area contributed by atoms with E-state index in [2.05, 4.69) is 11.4 Å². The summed E-state index contributed by atoms with van der Waals surface area (Å²) in [6, 6.07) is 7.96. The minimum Gasteiger partial charge on any atom is -0.465 e. The van der Waals surface area contributed by atoms with Crippen LogP contribution in [0, 0.1) is 5.92 Å². The number of esters is 2. The van der Waals surface area contributed by atoms with Crippen LogP contribution in [0.4, 0.5) is 0 Å². The van der Waals surface area contributed by atoms with E-state index in [-0.39, 0.29) is 31.0 Å². The molecule has 0 spiro atoms. The lowest BCUT2D eigenvalue weighted by atomic mass is 9.86. The Balaban J connectivity index is 1.85. The van der Waals surface area contributed by atoms with Crippen LogP contribution in [0.3, 0.4) is 0 Å². The summed E-state index contributed by atoms with van der Waals surface area (Å²) in [6.45, 7) is 5.77. The molecule has 3 rings (SSSR count). The first-order valence-electron chi connectivity index (χ1n) is 12.8. The fourth-order valence-corrected chi connectivity index (χ4v) is 4.84. The zero-order chi connectivity index (χ0) is 25.2. The lowest BCUT2D eigenvalue weighted by Gasteiger charge is -2.40. The van der Waals surface area contributed by atoms with Gasteiger partial charge in [0.05, 0.1) is 19.3 Å². The molecule has 4 unspecified atom stereocenters. The molecule has 7 heteroatoms. The summed E-state index contributed by atoms with van der Waals surface area (Å²) in [5.41, 5.74) is 1.97. The Morgan fingerprint density at radius 3 is 2.51 bits per heavy atom. The monoisotopic (exact) mass is 482 g/mol. The minimum absolute atomic E-state index is 0.181. The molecule has 1 aromatic rings. The van der Waals surface area contributed by atoms with Crippen LogP contribution in [-0.2, 0) is 30.3 Å². The first kappa shape index (κ1) is 26.7. The van der Waals surface area contributed by atoms with Crippen molar-refractivity contribution < 1.29 is 23.9 Å². The number of nitrogens with zero attached hydrogens (tertiary/aromatic N) is 1. The molecule has 1 saturated heterocycles. The average molecular weight is 483 g/mol. The highest BCUT2D eigenvalue weighted by atomic mass is 16.5. The lowest BCUT2D eigenvalue weighted by molar-refractivity contribution is -0.154. The minimum atomic E-state index is -0.754. The lowest BCUT2D eigenvalue weighted by Crippen LogP contribution is -2.56. The third-order valence-corrected chi connectivity index (χ3v) is 6.65. The van der Waals surface area contributed by atoms with E-state index in [1.807, 2.05) is 42.5 Å². The second kappa shape index (κ2) is 13.2. The number of carbonyl (C=O) groups is 3. The van der Waals surface area contributed by atoms with Gasteiger partial charge in [0.15, 0.2) is 0 Å². The zero-order valence-corrected chi connectivity index (χ0v) is 21.1. The van der Waals surface area contributed by atoms with Crippen LogP contribution in [0.15, 0.2) is 54.3 Å². The number of likely N-dealkylation sites (tertiary alicyclic amines) is 1. The Hall–Kier alpha value is -2.93. The van der Waals surface area contributed by atoms with Crippen molar-refractivity contribution in [2.24, 2.45) is 5.92 Å². The van der Waals surface area contributed by atoms with Crippen molar-refractivity contribution in [1.82, 2.24) is 10.2 Å². The van der Waals surface area contributed by atoms with Crippen molar-refractivity contribution in [2.75, 3.05) is 13.2 Å². The van der Waals surface area contributed by atoms with Gasteiger partial charge in [0.25, 0.3) is 0 Å². The Kier molecular flexibility index (Phi) is 10.1. The van der Waals surface area contributed by atoms with E-state index in [9.17, 15) is 14.4 Å². The van der Waals surface area contributed by atoms with Gasteiger partial charge in [-0.1, -0.05) is 48.9 Å². The first-order chi connectivity index (χ1) is 17.0. The largest absolute Gasteiger partial charge is 0.465 e. The molecule has 190 valence electrons. The Labute approximate surface area is 208 Å². The van der Waals surface area contributed by atoms with Gasteiger partial charge >= 0.3 is 11.9 Å². The Morgan fingerprint density at radius 2 is 1.80 bits per heavy atom. The molecule has 2 aliphatic rings. The van der Waals surface area contributed by atoms with Crippen molar-refractivity contribution in [3.05, 3.63) is 59.8 Å². The van der Waals surface area contributed by atoms with Crippen LogP contribution >= 0.6 is 0 Å². The second-order valence-corrected chi connectivity index (χ2v) is 9.07. The molecule has 1 fully saturated rings. The number of carbonyl (C=O) groups excluding carboxylic acids is 3. The van der Waals surface area contributed by atoms with Gasteiger partial charge < -0.3 is 14.4 Å². The number of hydrogen-bond donors (Lipinski definition) is 1. The molecule has 1 aliphatic heterocycles. The van der Waals surface area contributed by atoms with Crippen LogP contribution in [0.25, 0.3) is 0 Å². The molecule has 0 bridgehead atoms. The number of fused-ring (bicyclic) bond motifs is 1. The Bertz CT molecular complexity index is 927. The molecule has 1 aliphatic carbocycles. The predicted octanol–water partition coefficient (Wildman–Crippen LogP) is 3.93. The molecule has 1 amide bonds. The maximum atomic E-state index is 13.9. The first-order valence-corrected chi connectivity index (χ1v) is 12.8. The smallest absolute Gasteiger partial charge is 0.328 e. The van der Waals surface area contributed by atoms with Gasteiger partial charge in [-0.05, 0) is 64.5 Å². The maximum Gasteiger partial charge on any atom is 0.328 e. The van der Waals surface area contributed by atoms with Crippen LogP contribution in [-0.4, -0.2) is 54.1 Å². The summed E-state index contributed by atoms with van der Waals surface area (Å²) in [6.07, 6.45) is 10.3. The number of hydrogen-bond acceptors (Lipinski definition) is 6. The fourth-order valence-electron chi connectivity index (χ4n) is 4.84. The third kappa shape index (κ3) is 7.04. The van der Waals surface area contributed by atoms with Crippen LogP contribution in [0.2, 0.25) is 0 Å². The summed E-state index contributed by atoms with van der Waals surface area (Å²) >= 11 is 0.